The molecule has 0 unspecified atom stereocenters. The minimum absolute atomic E-state index is 0.0671. The van der Waals surface area contributed by atoms with E-state index in [1.807, 2.05) is 97.6 Å². The molecule has 0 radical (unpaired) electrons. The van der Waals surface area contributed by atoms with Crippen molar-refractivity contribution in [3.63, 3.8) is 0 Å². The molecule has 0 aliphatic carbocycles. The first kappa shape index (κ1) is 33.4. The van der Waals surface area contributed by atoms with E-state index in [0.29, 0.717) is 17.9 Å². The molecule has 0 fully saturated rings. The van der Waals surface area contributed by atoms with Gasteiger partial charge in [-0.1, -0.05) is 86.6 Å². The van der Waals surface area contributed by atoms with Gasteiger partial charge in [0.05, 0.1) is 24.4 Å². The number of amides is 3. The largest absolute Gasteiger partial charge is 0.483 e. The maximum Gasteiger partial charge on any atom is 0.258 e. The number of nitrogens with two attached hydrogens (primary N) is 1. The molecule has 0 saturated heterocycles. The van der Waals surface area contributed by atoms with Crippen molar-refractivity contribution >= 4 is 45.0 Å². The van der Waals surface area contributed by atoms with Gasteiger partial charge in [-0.15, -0.1) is 0 Å². The summed E-state index contributed by atoms with van der Waals surface area (Å²) in [4.78, 5) is 43.8. The highest BCUT2D eigenvalue weighted by molar-refractivity contribution is 5.96. The van der Waals surface area contributed by atoms with E-state index < -0.39 is 29.9 Å². The number of anilines is 1. The summed E-state index contributed by atoms with van der Waals surface area (Å²) in [6.45, 7) is 5.29. The van der Waals surface area contributed by atoms with Gasteiger partial charge in [0, 0.05) is 29.1 Å². The quantitative estimate of drug-likeness (QED) is 0.172. The molecule has 47 heavy (non-hydrogen) atoms. The number of rotatable bonds is 13. The number of nitrogens with zero attached hydrogens (tertiary/aromatic N) is 2. The van der Waals surface area contributed by atoms with Crippen LogP contribution in [0.5, 0.6) is 5.75 Å². The standard InChI is InChI=1S/C37H43N5O5/c1-24(2)18-28(21-43)39-36(45)32(40-35(44)22-47-34-17-9-13-27-11-5-7-15-31(27)34)19-29-20-41(37(46)25(3)38)23-42(29)33-16-8-12-26-10-4-6-14-30(26)33/h4-17,20,24-25,28,32,43H,18-19,21-23,38H2,1-3H3,(H,39,45)(H,40,44)/t25-,28-,32-/m0/s1. The van der Waals surface area contributed by atoms with Gasteiger partial charge in [-0.2, -0.15) is 0 Å². The number of hydrogen-bond donors (Lipinski definition) is 4. The van der Waals surface area contributed by atoms with Crippen LogP contribution in [0.25, 0.3) is 21.5 Å². The number of ether oxygens (including phenoxy) is 1. The minimum Gasteiger partial charge on any atom is -0.483 e. The molecular formula is C37H43N5O5. The average molecular weight is 638 g/mol. The molecule has 5 N–H and O–H groups in total. The van der Waals surface area contributed by atoms with Crippen molar-refractivity contribution < 1.29 is 24.2 Å². The molecule has 1 aliphatic rings. The van der Waals surface area contributed by atoms with E-state index in [0.717, 1.165) is 27.2 Å². The fourth-order valence-corrected chi connectivity index (χ4v) is 5.94. The molecule has 246 valence electrons. The lowest BCUT2D eigenvalue weighted by molar-refractivity contribution is -0.130. The highest BCUT2D eigenvalue weighted by atomic mass is 16.5. The molecule has 4 aromatic rings. The zero-order valence-electron chi connectivity index (χ0n) is 27.1. The van der Waals surface area contributed by atoms with Crippen molar-refractivity contribution in [1.82, 2.24) is 15.5 Å². The fourth-order valence-electron chi connectivity index (χ4n) is 5.94. The van der Waals surface area contributed by atoms with Gasteiger partial charge in [-0.25, -0.2) is 0 Å². The SMILES string of the molecule is CC(C)C[C@@H](CO)NC(=O)[C@H](CC1=CN(C(=O)[C@H](C)N)CN1c1cccc2ccccc12)NC(=O)COc1cccc2ccccc12. The van der Waals surface area contributed by atoms with Gasteiger partial charge < -0.3 is 31.1 Å². The maximum absolute atomic E-state index is 13.8. The van der Waals surface area contributed by atoms with Crippen molar-refractivity contribution in [2.24, 2.45) is 11.7 Å². The topological polar surface area (TPSA) is 137 Å². The highest BCUT2D eigenvalue weighted by Gasteiger charge is 2.33. The normalized spacial score (nSPS) is 15.0. The van der Waals surface area contributed by atoms with Gasteiger partial charge in [0.2, 0.25) is 11.8 Å². The van der Waals surface area contributed by atoms with Crippen LogP contribution in [0, 0.1) is 5.92 Å². The second kappa shape index (κ2) is 15.1. The van der Waals surface area contributed by atoms with Gasteiger partial charge in [0.1, 0.15) is 18.5 Å². The summed E-state index contributed by atoms with van der Waals surface area (Å²) in [5, 5.41) is 19.6. The molecule has 0 bridgehead atoms. The van der Waals surface area contributed by atoms with Gasteiger partial charge in [-0.3, -0.25) is 19.3 Å². The molecule has 4 aromatic carbocycles. The summed E-state index contributed by atoms with van der Waals surface area (Å²) in [5.74, 6) is -0.412. The molecule has 3 amide bonds. The highest BCUT2D eigenvalue weighted by Crippen LogP contribution is 2.34. The number of benzene rings is 4. The molecule has 1 heterocycles. The molecule has 5 rings (SSSR count). The van der Waals surface area contributed by atoms with Crippen LogP contribution < -0.4 is 26.0 Å². The Hall–Kier alpha value is -4.93. The number of aliphatic hydroxyl groups excluding tert-OH is 1. The Balaban J connectivity index is 1.43. The van der Waals surface area contributed by atoms with Crippen LogP contribution >= 0.6 is 0 Å². The Morgan fingerprint density at radius 1 is 0.872 bits per heavy atom. The molecule has 1 aliphatic heterocycles. The third-order valence-corrected chi connectivity index (χ3v) is 8.17. The van der Waals surface area contributed by atoms with Crippen LogP contribution in [0.15, 0.2) is 96.8 Å². The summed E-state index contributed by atoms with van der Waals surface area (Å²) < 4.78 is 5.92. The lowest BCUT2D eigenvalue weighted by atomic mass is 10.0. The zero-order valence-corrected chi connectivity index (χ0v) is 27.1. The van der Waals surface area contributed by atoms with Crippen molar-refractivity contribution in [2.45, 2.75) is 51.7 Å². The second-order valence-corrected chi connectivity index (χ2v) is 12.4. The van der Waals surface area contributed by atoms with Crippen molar-refractivity contribution in [1.29, 1.82) is 0 Å². The van der Waals surface area contributed by atoms with E-state index in [1.165, 1.54) is 4.90 Å². The predicted octanol–water partition coefficient (Wildman–Crippen LogP) is 4.26. The van der Waals surface area contributed by atoms with Crippen LogP contribution in [-0.4, -0.2) is 65.7 Å². The molecular weight excluding hydrogens is 594 g/mol. The summed E-state index contributed by atoms with van der Waals surface area (Å²) in [6.07, 6.45) is 2.33. The van der Waals surface area contributed by atoms with Crippen molar-refractivity contribution in [2.75, 3.05) is 24.8 Å². The van der Waals surface area contributed by atoms with E-state index >= 15 is 0 Å². The van der Waals surface area contributed by atoms with E-state index in [9.17, 15) is 19.5 Å². The number of carbonyl (C=O) groups excluding carboxylic acids is 3. The van der Waals surface area contributed by atoms with Crippen LogP contribution in [0.4, 0.5) is 5.69 Å². The Morgan fingerprint density at radius 2 is 1.51 bits per heavy atom. The summed E-state index contributed by atoms with van der Waals surface area (Å²) in [5.41, 5.74) is 7.48. The summed E-state index contributed by atoms with van der Waals surface area (Å²) >= 11 is 0. The van der Waals surface area contributed by atoms with Crippen molar-refractivity contribution in [3.05, 3.63) is 96.8 Å². The average Bonchev–Trinajstić information content (AvgIpc) is 3.49. The molecule has 0 saturated carbocycles. The Labute approximate surface area is 275 Å². The summed E-state index contributed by atoms with van der Waals surface area (Å²) in [6, 6.07) is 25.0. The monoisotopic (exact) mass is 637 g/mol. The second-order valence-electron chi connectivity index (χ2n) is 12.4. The van der Waals surface area contributed by atoms with Crippen LogP contribution in [0.2, 0.25) is 0 Å². The van der Waals surface area contributed by atoms with E-state index in [1.54, 1.807) is 19.2 Å². The Kier molecular flexibility index (Phi) is 10.7. The lowest BCUT2D eigenvalue weighted by Gasteiger charge is -2.28. The first-order valence-corrected chi connectivity index (χ1v) is 16.0. The van der Waals surface area contributed by atoms with E-state index in [-0.39, 0.29) is 38.1 Å². The maximum atomic E-state index is 13.8. The lowest BCUT2D eigenvalue weighted by Crippen LogP contribution is -2.52. The third-order valence-electron chi connectivity index (χ3n) is 8.17. The first-order valence-electron chi connectivity index (χ1n) is 16.0. The smallest absolute Gasteiger partial charge is 0.258 e. The van der Waals surface area contributed by atoms with E-state index in [2.05, 4.69) is 10.6 Å². The number of carbonyl (C=O) groups is 3. The van der Waals surface area contributed by atoms with Gasteiger partial charge >= 0.3 is 0 Å². The molecule has 10 nitrogen and oxygen atoms in total. The van der Waals surface area contributed by atoms with E-state index in [4.69, 9.17) is 10.5 Å². The molecule has 0 spiro atoms. The molecule has 3 atom stereocenters. The van der Waals surface area contributed by atoms with Crippen LogP contribution in [0.3, 0.4) is 0 Å². The fraction of sp³-hybridized carbons (Fsp3) is 0.324. The first-order chi connectivity index (χ1) is 22.6. The predicted molar refractivity (Wildman–Crippen MR) is 184 cm³/mol. The Bertz CT molecular complexity index is 1760. The van der Waals surface area contributed by atoms with Crippen molar-refractivity contribution in [3.8, 4) is 5.75 Å². The number of hydrogen-bond acceptors (Lipinski definition) is 7. The van der Waals surface area contributed by atoms with Gasteiger partial charge in [0.15, 0.2) is 6.61 Å². The molecule has 0 aromatic heterocycles. The van der Waals surface area contributed by atoms with Gasteiger partial charge in [-0.05, 0) is 42.2 Å². The molecule has 10 heteroatoms. The Morgan fingerprint density at radius 3 is 2.19 bits per heavy atom. The van der Waals surface area contributed by atoms with Crippen LogP contribution in [0.1, 0.15) is 33.6 Å². The number of nitrogens with one attached hydrogen (secondary N) is 2. The minimum atomic E-state index is -1.03. The van der Waals surface area contributed by atoms with Gasteiger partial charge in [0.25, 0.3) is 5.91 Å². The third kappa shape index (κ3) is 8.08. The summed E-state index contributed by atoms with van der Waals surface area (Å²) in [7, 11) is 0. The number of fused-ring (bicyclic) bond motifs is 2. The zero-order chi connectivity index (χ0) is 33.5. The number of aliphatic hydroxyl groups is 1. The van der Waals surface area contributed by atoms with Crippen LogP contribution in [-0.2, 0) is 14.4 Å².